The molecule has 1 aromatic rings. The first kappa shape index (κ1) is 11.2. The Morgan fingerprint density at radius 3 is 2.73 bits per heavy atom. The van der Waals surface area contributed by atoms with Crippen molar-refractivity contribution in [2.45, 2.75) is 32.2 Å². The SMILES string of the molecule is CNC(CC1CC1)c1ccc(C)c(Br)c1. The Bertz CT molecular complexity index is 344. The van der Waals surface area contributed by atoms with Crippen molar-refractivity contribution in [1.29, 1.82) is 0 Å². The van der Waals surface area contributed by atoms with E-state index >= 15 is 0 Å². The molecule has 0 amide bonds. The number of hydrogen-bond donors (Lipinski definition) is 1. The predicted octanol–water partition coefficient (Wildman–Crippen LogP) is 3.82. The van der Waals surface area contributed by atoms with Crippen LogP contribution in [0.4, 0.5) is 0 Å². The topological polar surface area (TPSA) is 12.0 Å². The van der Waals surface area contributed by atoms with Gasteiger partial charge in [-0.25, -0.2) is 0 Å². The highest BCUT2D eigenvalue weighted by Crippen LogP contribution is 2.38. The maximum atomic E-state index is 3.60. The van der Waals surface area contributed by atoms with Crippen LogP contribution in [-0.4, -0.2) is 7.05 Å². The van der Waals surface area contributed by atoms with E-state index < -0.39 is 0 Å². The fourth-order valence-corrected chi connectivity index (χ4v) is 2.33. The average Bonchev–Trinajstić information content (AvgIpc) is 3.02. The van der Waals surface area contributed by atoms with Crippen molar-refractivity contribution in [1.82, 2.24) is 5.32 Å². The summed E-state index contributed by atoms with van der Waals surface area (Å²) >= 11 is 3.60. The summed E-state index contributed by atoms with van der Waals surface area (Å²) in [4.78, 5) is 0. The summed E-state index contributed by atoms with van der Waals surface area (Å²) in [5, 5.41) is 3.42. The van der Waals surface area contributed by atoms with Crippen LogP contribution in [-0.2, 0) is 0 Å². The molecule has 1 aromatic carbocycles. The van der Waals surface area contributed by atoms with E-state index in [4.69, 9.17) is 0 Å². The number of rotatable bonds is 4. The van der Waals surface area contributed by atoms with Crippen LogP contribution in [0, 0.1) is 12.8 Å². The van der Waals surface area contributed by atoms with Crippen LogP contribution in [0.25, 0.3) is 0 Å². The number of halogens is 1. The van der Waals surface area contributed by atoms with Gasteiger partial charge in [-0.05, 0) is 43.5 Å². The summed E-state index contributed by atoms with van der Waals surface area (Å²) in [5.41, 5.74) is 2.71. The maximum absolute atomic E-state index is 3.60. The van der Waals surface area contributed by atoms with E-state index in [0.29, 0.717) is 6.04 Å². The molecule has 1 unspecified atom stereocenters. The third-order valence-electron chi connectivity index (χ3n) is 3.21. The van der Waals surface area contributed by atoms with E-state index in [1.165, 1.54) is 34.9 Å². The third-order valence-corrected chi connectivity index (χ3v) is 4.07. The van der Waals surface area contributed by atoms with E-state index in [-0.39, 0.29) is 0 Å². The molecule has 1 fully saturated rings. The molecule has 2 rings (SSSR count). The number of aryl methyl sites for hydroxylation is 1. The highest BCUT2D eigenvalue weighted by atomic mass is 79.9. The van der Waals surface area contributed by atoms with E-state index in [1.807, 2.05) is 0 Å². The molecular formula is C13H18BrN. The van der Waals surface area contributed by atoms with Crippen molar-refractivity contribution >= 4 is 15.9 Å². The van der Waals surface area contributed by atoms with Crippen LogP contribution in [0.15, 0.2) is 22.7 Å². The maximum Gasteiger partial charge on any atom is 0.0320 e. The molecule has 1 atom stereocenters. The molecule has 1 saturated carbocycles. The monoisotopic (exact) mass is 267 g/mol. The summed E-state index contributed by atoms with van der Waals surface area (Å²) in [6, 6.07) is 7.20. The highest BCUT2D eigenvalue weighted by Gasteiger charge is 2.25. The van der Waals surface area contributed by atoms with Crippen molar-refractivity contribution in [2.24, 2.45) is 5.92 Å². The molecular weight excluding hydrogens is 250 g/mol. The second-order valence-corrected chi connectivity index (χ2v) is 5.38. The van der Waals surface area contributed by atoms with Gasteiger partial charge in [-0.15, -0.1) is 0 Å². The Morgan fingerprint density at radius 2 is 2.20 bits per heavy atom. The van der Waals surface area contributed by atoms with Crippen LogP contribution in [0.3, 0.4) is 0 Å². The number of hydrogen-bond acceptors (Lipinski definition) is 1. The molecule has 1 nitrogen and oxygen atoms in total. The minimum absolute atomic E-state index is 0.523. The largest absolute Gasteiger partial charge is 0.313 e. The third kappa shape index (κ3) is 2.82. The van der Waals surface area contributed by atoms with Gasteiger partial charge in [0.05, 0.1) is 0 Å². The van der Waals surface area contributed by atoms with Crippen LogP contribution < -0.4 is 5.32 Å². The standard InChI is InChI=1S/C13H18BrN/c1-9-3-6-11(8-12(9)14)13(15-2)7-10-4-5-10/h3,6,8,10,13,15H,4-5,7H2,1-2H3. The van der Waals surface area contributed by atoms with Crippen molar-refractivity contribution < 1.29 is 0 Å². The molecule has 0 radical (unpaired) electrons. The smallest absolute Gasteiger partial charge is 0.0320 e. The quantitative estimate of drug-likeness (QED) is 0.875. The number of benzene rings is 1. The molecule has 0 spiro atoms. The summed E-state index contributed by atoms with van der Waals surface area (Å²) in [7, 11) is 2.06. The summed E-state index contributed by atoms with van der Waals surface area (Å²) in [6.07, 6.45) is 4.13. The average molecular weight is 268 g/mol. The van der Waals surface area contributed by atoms with Crippen LogP contribution in [0.1, 0.15) is 36.4 Å². The summed E-state index contributed by atoms with van der Waals surface area (Å²) in [6.45, 7) is 2.13. The molecule has 2 heteroatoms. The molecule has 82 valence electrons. The summed E-state index contributed by atoms with van der Waals surface area (Å²) in [5.74, 6) is 0.961. The second-order valence-electron chi connectivity index (χ2n) is 4.53. The first-order valence-corrected chi connectivity index (χ1v) is 6.43. The van der Waals surface area contributed by atoms with Crippen LogP contribution in [0.5, 0.6) is 0 Å². The number of nitrogens with one attached hydrogen (secondary N) is 1. The molecule has 0 aliphatic heterocycles. The van der Waals surface area contributed by atoms with Gasteiger partial charge < -0.3 is 5.32 Å². The van der Waals surface area contributed by atoms with E-state index in [9.17, 15) is 0 Å². The van der Waals surface area contributed by atoms with E-state index in [0.717, 1.165) is 5.92 Å². The Morgan fingerprint density at radius 1 is 1.47 bits per heavy atom. The first-order valence-electron chi connectivity index (χ1n) is 5.64. The van der Waals surface area contributed by atoms with Crippen LogP contribution in [0.2, 0.25) is 0 Å². The lowest BCUT2D eigenvalue weighted by Gasteiger charge is -2.17. The lowest BCUT2D eigenvalue weighted by Crippen LogP contribution is -2.16. The van der Waals surface area contributed by atoms with Gasteiger partial charge >= 0.3 is 0 Å². The Labute approximate surface area is 100 Å². The molecule has 0 bridgehead atoms. The second kappa shape index (κ2) is 4.67. The van der Waals surface area contributed by atoms with Gasteiger partial charge in [0, 0.05) is 10.5 Å². The minimum atomic E-state index is 0.523. The Hall–Kier alpha value is -0.340. The molecule has 1 N–H and O–H groups in total. The van der Waals surface area contributed by atoms with Gasteiger partial charge in [-0.1, -0.05) is 40.9 Å². The van der Waals surface area contributed by atoms with Crippen molar-refractivity contribution in [2.75, 3.05) is 7.05 Å². The lowest BCUT2D eigenvalue weighted by molar-refractivity contribution is 0.514. The van der Waals surface area contributed by atoms with E-state index in [2.05, 4.69) is 53.4 Å². The molecule has 15 heavy (non-hydrogen) atoms. The summed E-state index contributed by atoms with van der Waals surface area (Å²) < 4.78 is 1.22. The fourth-order valence-electron chi connectivity index (χ4n) is 1.93. The lowest BCUT2D eigenvalue weighted by atomic mass is 10.0. The zero-order chi connectivity index (χ0) is 10.8. The van der Waals surface area contributed by atoms with Gasteiger partial charge in [0.25, 0.3) is 0 Å². The zero-order valence-electron chi connectivity index (χ0n) is 9.39. The van der Waals surface area contributed by atoms with Crippen molar-refractivity contribution in [3.63, 3.8) is 0 Å². The van der Waals surface area contributed by atoms with Crippen molar-refractivity contribution in [3.05, 3.63) is 33.8 Å². The van der Waals surface area contributed by atoms with Gasteiger partial charge in [0.2, 0.25) is 0 Å². The van der Waals surface area contributed by atoms with Gasteiger partial charge in [-0.2, -0.15) is 0 Å². The Balaban J connectivity index is 2.13. The van der Waals surface area contributed by atoms with E-state index in [1.54, 1.807) is 0 Å². The molecule has 1 aliphatic carbocycles. The molecule has 0 aromatic heterocycles. The molecule has 0 heterocycles. The van der Waals surface area contributed by atoms with Gasteiger partial charge in [0.15, 0.2) is 0 Å². The normalized spacial score (nSPS) is 17.8. The van der Waals surface area contributed by atoms with Gasteiger partial charge in [-0.3, -0.25) is 0 Å². The zero-order valence-corrected chi connectivity index (χ0v) is 11.0. The molecule has 0 saturated heterocycles. The van der Waals surface area contributed by atoms with Crippen LogP contribution >= 0.6 is 15.9 Å². The predicted molar refractivity (Wildman–Crippen MR) is 68.0 cm³/mol. The fraction of sp³-hybridized carbons (Fsp3) is 0.538. The van der Waals surface area contributed by atoms with Gasteiger partial charge in [0.1, 0.15) is 0 Å². The highest BCUT2D eigenvalue weighted by molar-refractivity contribution is 9.10. The Kier molecular flexibility index (Phi) is 3.47. The van der Waals surface area contributed by atoms with Crippen molar-refractivity contribution in [3.8, 4) is 0 Å². The minimum Gasteiger partial charge on any atom is -0.313 e. The first-order chi connectivity index (χ1) is 7.20. The molecule has 1 aliphatic rings.